The molecule has 4 aliphatic rings. The zero-order chi connectivity index (χ0) is 23.6. The van der Waals surface area contributed by atoms with Crippen LogP contribution in [-0.2, 0) is 13.0 Å². The first-order chi connectivity index (χ1) is 17.2. The SMILES string of the molecule is S=C(NC[C@H]1C[C@@H]2CCN1C[C@H]2CN1CCc2ccccc2C1)Nc1ccc(-n2cccn2)cc1. The van der Waals surface area contributed by atoms with Crippen LogP contribution in [0.3, 0.4) is 0 Å². The summed E-state index contributed by atoms with van der Waals surface area (Å²) in [5.74, 6) is 1.63. The van der Waals surface area contributed by atoms with Gasteiger partial charge in [0.15, 0.2) is 5.11 Å². The minimum atomic E-state index is 0.578. The first kappa shape index (κ1) is 22.7. The molecule has 3 aromatic rings. The number of nitrogens with zero attached hydrogens (tertiary/aromatic N) is 4. The number of piperidine rings is 3. The quantitative estimate of drug-likeness (QED) is 0.515. The molecule has 7 rings (SSSR count). The van der Waals surface area contributed by atoms with Gasteiger partial charge in [0, 0.05) is 56.8 Å². The molecule has 3 fully saturated rings. The highest BCUT2D eigenvalue weighted by Crippen LogP contribution is 2.37. The van der Waals surface area contributed by atoms with Crippen LogP contribution in [0.15, 0.2) is 67.0 Å². The Morgan fingerprint density at radius 1 is 1.03 bits per heavy atom. The van der Waals surface area contributed by atoms with E-state index in [9.17, 15) is 0 Å². The van der Waals surface area contributed by atoms with Gasteiger partial charge in [-0.1, -0.05) is 24.3 Å². The number of hydrogen-bond acceptors (Lipinski definition) is 4. The van der Waals surface area contributed by atoms with E-state index in [2.05, 4.69) is 49.8 Å². The molecule has 6 nitrogen and oxygen atoms in total. The number of aromatic nitrogens is 2. The molecule has 2 aromatic carbocycles. The van der Waals surface area contributed by atoms with Gasteiger partial charge in [-0.05, 0) is 91.3 Å². The largest absolute Gasteiger partial charge is 0.361 e. The Bertz CT molecular complexity index is 1140. The van der Waals surface area contributed by atoms with Gasteiger partial charge in [-0.2, -0.15) is 5.10 Å². The summed E-state index contributed by atoms with van der Waals surface area (Å²) in [4.78, 5) is 5.40. The van der Waals surface area contributed by atoms with Crippen LogP contribution in [0, 0.1) is 11.8 Å². The molecule has 7 heteroatoms. The fraction of sp³-hybridized carbons (Fsp3) is 0.429. The van der Waals surface area contributed by atoms with Crippen LogP contribution in [0.25, 0.3) is 5.69 Å². The molecule has 0 spiro atoms. The lowest BCUT2D eigenvalue weighted by molar-refractivity contribution is -0.0120. The molecule has 0 amide bonds. The minimum absolute atomic E-state index is 0.578. The lowest BCUT2D eigenvalue weighted by atomic mass is 9.75. The van der Waals surface area contributed by atoms with Gasteiger partial charge in [0.2, 0.25) is 0 Å². The predicted molar refractivity (Wildman–Crippen MR) is 145 cm³/mol. The van der Waals surface area contributed by atoms with Crippen LogP contribution in [0.5, 0.6) is 0 Å². The van der Waals surface area contributed by atoms with E-state index in [-0.39, 0.29) is 0 Å². The van der Waals surface area contributed by atoms with E-state index in [4.69, 9.17) is 12.2 Å². The van der Waals surface area contributed by atoms with Gasteiger partial charge >= 0.3 is 0 Å². The van der Waals surface area contributed by atoms with Crippen LogP contribution in [0.2, 0.25) is 0 Å². The molecule has 3 saturated heterocycles. The Labute approximate surface area is 213 Å². The predicted octanol–water partition coefficient (Wildman–Crippen LogP) is 3.93. The second kappa shape index (κ2) is 10.1. The van der Waals surface area contributed by atoms with Crippen molar-refractivity contribution in [2.24, 2.45) is 11.8 Å². The lowest BCUT2D eigenvalue weighted by Gasteiger charge is -2.51. The minimum Gasteiger partial charge on any atom is -0.361 e. The molecule has 2 N–H and O–H groups in total. The smallest absolute Gasteiger partial charge is 0.170 e. The second-order valence-electron chi connectivity index (χ2n) is 10.3. The van der Waals surface area contributed by atoms with Crippen molar-refractivity contribution in [3.8, 4) is 5.69 Å². The van der Waals surface area contributed by atoms with Crippen molar-refractivity contribution < 1.29 is 0 Å². The molecule has 2 bridgehead atoms. The molecular formula is C28H34N6S. The molecule has 1 aromatic heterocycles. The third kappa shape index (κ3) is 5.13. The van der Waals surface area contributed by atoms with Gasteiger partial charge in [0.25, 0.3) is 0 Å². The van der Waals surface area contributed by atoms with Crippen LogP contribution >= 0.6 is 12.2 Å². The van der Waals surface area contributed by atoms with Crippen LogP contribution in [0.4, 0.5) is 5.69 Å². The number of nitrogens with one attached hydrogen (secondary N) is 2. The summed E-state index contributed by atoms with van der Waals surface area (Å²) in [7, 11) is 0. The van der Waals surface area contributed by atoms with Crippen LogP contribution < -0.4 is 10.6 Å². The number of anilines is 1. The third-order valence-corrected chi connectivity index (χ3v) is 8.36. The number of fused-ring (bicyclic) bond motifs is 4. The number of thiocarbonyl (C=S) groups is 1. The summed E-state index contributed by atoms with van der Waals surface area (Å²) in [5, 5.41) is 11.8. The van der Waals surface area contributed by atoms with E-state index in [0.29, 0.717) is 11.2 Å². The highest BCUT2D eigenvalue weighted by molar-refractivity contribution is 7.80. The molecule has 1 unspecified atom stereocenters. The Hall–Kier alpha value is -2.74. The number of rotatable bonds is 6. The maximum absolute atomic E-state index is 5.60. The van der Waals surface area contributed by atoms with E-state index in [1.807, 2.05) is 41.2 Å². The van der Waals surface area contributed by atoms with Gasteiger partial charge in [-0.3, -0.25) is 9.80 Å². The zero-order valence-corrected chi connectivity index (χ0v) is 21.0. The monoisotopic (exact) mass is 486 g/mol. The topological polar surface area (TPSA) is 48.4 Å². The zero-order valence-electron chi connectivity index (χ0n) is 20.1. The highest BCUT2D eigenvalue weighted by Gasteiger charge is 2.40. The molecule has 35 heavy (non-hydrogen) atoms. The summed E-state index contributed by atoms with van der Waals surface area (Å²) in [6.07, 6.45) is 7.55. The van der Waals surface area contributed by atoms with Crippen molar-refractivity contribution in [1.82, 2.24) is 24.9 Å². The normalized spacial score (nSPS) is 25.7. The van der Waals surface area contributed by atoms with E-state index >= 15 is 0 Å². The van der Waals surface area contributed by atoms with Crippen molar-refractivity contribution in [2.45, 2.75) is 31.8 Å². The van der Waals surface area contributed by atoms with Gasteiger partial charge in [-0.15, -0.1) is 0 Å². The summed E-state index contributed by atoms with van der Waals surface area (Å²) >= 11 is 5.60. The van der Waals surface area contributed by atoms with E-state index in [1.54, 1.807) is 11.8 Å². The Kier molecular flexibility index (Phi) is 6.55. The van der Waals surface area contributed by atoms with Crippen molar-refractivity contribution in [2.75, 3.05) is 38.0 Å². The van der Waals surface area contributed by atoms with Crippen molar-refractivity contribution >= 4 is 23.0 Å². The third-order valence-electron chi connectivity index (χ3n) is 8.11. The van der Waals surface area contributed by atoms with Crippen molar-refractivity contribution in [3.05, 3.63) is 78.1 Å². The first-order valence-electron chi connectivity index (χ1n) is 12.9. The Morgan fingerprint density at radius 3 is 2.66 bits per heavy atom. The number of hydrogen-bond donors (Lipinski definition) is 2. The summed E-state index contributed by atoms with van der Waals surface area (Å²) in [6.45, 7) is 6.93. The van der Waals surface area contributed by atoms with E-state index < -0.39 is 0 Å². The average molecular weight is 487 g/mol. The summed E-state index contributed by atoms with van der Waals surface area (Å²) in [5.41, 5.74) is 5.10. The lowest BCUT2D eigenvalue weighted by Crippen LogP contribution is -2.58. The van der Waals surface area contributed by atoms with Gasteiger partial charge < -0.3 is 10.6 Å². The van der Waals surface area contributed by atoms with Gasteiger partial charge in [-0.25, -0.2) is 4.68 Å². The maximum Gasteiger partial charge on any atom is 0.170 e. The molecule has 0 aliphatic carbocycles. The molecule has 4 atom stereocenters. The van der Waals surface area contributed by atoms with Gasteiger partial charge in [0.05, 0.1) is 5.69 Å². The van der Waals surface area contributed by atoms with Crippen LogP contribution in [0.1, 0.15) is 24.0 Å². The molecule has 182 valence electrons. The molecule has 0 radical (unpaired) electrons. The molecular weight excluding hydrogens is 452 g/mol. The molecule has 5 heterocycles. The van der Waals surface area contributed by atoms with Crippen molar-refractivity contribution in [1.29, 1.82) is 0 Å². The van der Waals surface area contributed by atoms with E-state index in [1.165, 1.54) is 51.0 Å². The molecule has 0 saturated carbocycles. The Balaban J connectivity index is 0.974. The standard InChI is InChI=1S/C28H34N6S/c35-28(31-25-6-8-26(9-7-25)34-13-3-12-30-34)29-17-27-16-22-11-15-33(27)20-24(22)19-32-14-10-21-4-1-2-5-23(21)18-32/h1-9,12-13,22,24,27H,10-11,14-20H2,(H2,29,31,35)/t22-,24+,27+/m0/s1. The number of benzene rings is 2. The fourth-order valence-corrected chi connectivity index (χ4v) is 6.42. The molecule has 4 aliphatic heterocycles. The van der Waals surface area contributed by atoms with Crippen molar-refractivity contribution in [3.63, 3.8) is 0 Å². The van der Waals surface area contributed by atoms with E-state index in [0.717, 1.165) is 36.3 Å². The summed E-state index contributed by atoms with van der Waals surface area (Å²) in [6, 6.07) is 19.7. The fourth-order valence-electron chi connectivity index (χ4n) is 6.22. The highest BCUT2D eigenvalue weighted by atomic mass is 32.1. The maximum atomic E-state index is 5.60. The second-order valence-corrected chi connectivity index (χ2v) is 10.7. The van der Waals surface area contributed by atoms with Gasteiger partial charge in [0.1, 0.15) is 0 Å². The average Bonchev–Trinajstić information content (AvgIpc) is 3.44. The van der Waals surface area contributed by atoms with Crippen LogP contribution in [-0.4, -0.2) is 63.5 Å². The summed E-state index contributed by atoms with van der Waals surface area (Å²) < 4.78 is 1.85. The Morgan fingerprint density at radius 2 is 1.89 bits per heavy atom. The first-order valence-corrected chi connectivity index (χ1v) is 13.3.